The summed E-state index contributed by atoms with van der Waals surface area (Å²) in [5, 5.41) is 9.22. The summed E-state index contributed by atoms with van der Waals surface area (Å²) in [5.74, 6) is -0.370. The van der Waals surface area contributed by atoms with E-state index < -0.39 is 10.2 Å². The van der Waals surface area contributed by atoms with Crippen LogP contribution in [0.1, 0.15) is 18.4 Å². The Labute approximate surface area is 136 Å². The zero-order valence-corrected chi connectivity index (χ0v) is 14.0. The average molecular weight is 346 g/mol. The summed E-state index contributed by atoms with van der Waals surface area (Å²) in [4.78, 5) is 0. The van der Waals surface area contributed by atoms with Gasteiger partial charge in [0.15, 0.2) is 0 Å². The molecule has 1 fully saturated rings. The average Bonchev–Trinajstić information content (AvgIpc) is 2.98. The molecule has 1 heterocycles. The molecule has 6 nitrogen and oxygen atoms in total. The molecule has 0 aromatic heterocycles. The number of hydrogen-bond donors (Lipinski definition) is 1. The van der Waals surface area contributed by atoms with Crippen LogP contribution in [-0.2, 0) is 21.5 Å². The van der Waals surface area contributed by atoms with Crippen molar-refractivity contribution in [3.05, 3.63) is 35.6 Å². The van der Waals surface area contributed by atoms with Crippen molar-refractivity contribution in [3.63, 3.8) is 0 Å². The number of hydrogen-bond acceptors (Lipinski definition) is 4. The Balaban J connectivity index is 2.19. The van der Waals surface area contributed by atoms with E-state index in [1.54, 1.807) is 19.2 Å². The van der Waals surface area contributed by atoms with Crippen molar-refractivity contribution in [2.45, 2.75) is 25.4 Å². The molecule has 1 aliphatic rings. The van der Waals surface area contributed by atoms with E-state index in [1.807, 2.05) is 0 Å². The molecular formula is C15H23FN2O4S. The van der Waals surface area contributed by atoms with Crippen molar-refractivity contribution in [1.82, 2.24) is 8.61 Å². The van der Waals surface area contributed by atoms with Crippen molar-refractivity contribution < 1.29 is 22.7 Å². The minimum atomic E-state index is -3.71. The third kappa shape index (κ3) is 4.48. The highest BCUT2D eigenvalue weighted by molar-refractivity contribution is 7.86. The first-order valence-electron chi connectivity index (χ1n) is 7.60. The zero-order chi connectivity index (χ0) is 16.9. The lowest BCUT2D eigenvalue weighted by Gasteiger charge is -2.30. The number of methoxy groups -OCH3 is 1. The summed E-state index contributed by atoms with van der Waals surface area (Å²) >= 11 is 0. The first-order valence-corrected chi connectivity index (χ1v) is 9.00. The fourth-order valence-corrected chi connectivity index (χ4v) is 4.63. The Morgan fingerprint density at radius 3 is 2.70 bits per heavy atom. The molecule has 1 aromatic carbocycles. The Bertz CT molecular complexity index is 594. The second-order valence-electron chi connectivity index (χ2n) is 5.55. The number of rotatable bonds is 8. The van der Waals surface area contributed by atoms with Crippen LogP contribution >= 0.6 is 0 Å². The predicted molar refractivity (Wildman–Crippen MR) is 84.4 cm³/mol. The fourth-order valence-electron chi connectivity index (χ4n) is 2.80. The smallest absolute Gasteiger partial charge is 0.282 e. The lowest BCUT2D eigenvalue weighted by Crippen LogP contribution is -2.47. The third-order valence-corrected chi connectivity index (χ3v) is 5.96. The molecule has 0 radical (unpaired) electrons. The first-order chi connectivity index (χ1) is 11.0. The Kier molecular flexibility index (Phi) is 6.49. The first kappa shape index (κ1) is 18.3. The van der Waals surface area contributed by atoms with Gasteiger partial charge in [0.2, 0.25) is 0 Å². The molecule has 1 N–H and O–H groups in total. The van der Waals surface area contributed by atoms with E-state index in [1.165, 1.54) is 20.7 Å². The van der Waals surface area contributed by atoms with Gasteiger partial charge in [-0.05, 0) is 30.5 Å². The van der Waals surface area contributed by atoms with Crippen molar-refractivity contribution >= 4 is 10.2 Å². The highest BCUT2D eigenvalue weighted by Crippen LogP contribution is 2.24. The van der Waals surface area contributed by atoms with Crippen molar-refractivity contribution in [2.75, 3.05) is 33.4 Å². The second kappa shape index (κ2) is 8.16. The number of aliphatic hydroxyl groups is 1. The monoisotopic (exact) mass is 346 g/mol. The van der Waals surface area contributed by atoms with E-state index in [0.29, 0.717) is 18.7 Å². The van der Waals surface area contributed by atoms with Crippen LogP contribution < -0.4 is 0 Å². The summed E-state index contributed by atoms with van der Waals surface area (Å²) in [7, 11) is -2.16. The molecule has 8 heteroatoms. The molecule has 130 valence electrons. The predicted octanol–water partition coefficient (Wildman–Crippen LogP) is 0.976. The largest absolute Gasteiger partial charge is 0.395 e. The number of benzene rings is 1. The molecule has 0 amide bonds. The fraction of sp³-hybridized carbons (Fsp3) is 0.600. The van der Waals surface area contributed by atoms with Gasteiger partial charge in [-0.15, -0.1) is 0 Å². The summed E-state index contributed by atoms with van der Waals surface area (Å²) in [6.07, 6.45) is 1.55. The van der Waals surface area contributed by atoms with Gasteiger partial charge in [0.05, 0.1) is 13.2 Å². The van der Waals surface area contributed by atoms with E-state index >= 15 is 0 Å². The van der Waals surface area contributed by atoms with Crippen molar-refractivity contribution in [1.29, 1.82) is 0 Å². The quantitative estimate of drug-likeness (QED) is 0.762. The van der Waals surface area contributed by atoms with Crippen LogP contribution in [-0.4, -0.2) is 61.6 Å². The molecule has 0 saturated carbocycles. The molecule has 0 aliphatic carbocycles. The molecule has 0 spiro atoms. The molecule has 1 aromatic rings. The van der Waals surface area contributed by atoms with Gasteiger partial charge in [0, 0.05) is 32.8 Å². The van der Waals surface area contributed by atoms with E-state index in [4.69, 9.17) is 4.74 Å². The van der Waals surface area contributed by atoms with Crippen molar-refractivity contribution in [2.24, 2.45) is 0 Å². The van der Waals surface area contributed by atoms with Gasteiger partial charge >= 0.3 is 0 Å². The summed E-state index contributed by atoms with van der Waals surface area (Å²) in [5.41, 5.74) is 0.672. The van der Waals surface area contributed by atoms with Gasteiger partial charge in [-0.2, -0.15) is 17.0 Å². The van der Waals surface area contributed by atoms with Crippen LogP contribution in [0.25, 0.3) is 0 Å². The topological polar surface area (TPSA) is 70.1 Å². The van der Waals surface area contributed by atoms with Gasteiger partial charge in [0.25, 0.3) is 10.2 Å². The zero-order valence-electron chi connectivity index (χ0n) is 13.2. The van der Waals surface area contributed by atoms with Gasteiger partial charge in [-0.3, -0.25) is 0 Å². The van der Waals surface area contributed by atoms with E-state index in [9.17, 15) is 17.9 Å². The number of halogens is 1. The van der Waals surface area contributed by atoms with Crippen LogP contribution in [0.5, 0.6) is 0 Å². The molecule has 1 unspecified atom stereocenters. The summed E-state index contributed by atoms with van der Waals surface area (Å²) in [6, 6.07) is 5.50. The number of nitrogens with zero attached hydrogens (tertiary/aromatic N) is 2. The molecule has 0 bridgehead atoms. The standard InChI is InChI=1S/C15H23FN2O4S/c1-22-12-15-3-2-8-18(15)23(20,21)17(9-10-19)11-13-4-6-14(16)7-5-13/h4-7,15,19H,2-3,8-12H2,1H3. The highest BCUT2D eigenvalue weighted by Gasteiger charge is 2.37. The van der Waals surface area contributed by atoms with Gasteiger partial charge in [0.1, 0.15) is 5.82 Å². The van der Waals surface area contributed by atoms with E-state index in [-0.39, 0.29) is 31.6 Å². The lowest BCUT2D eigenvalue weighted by atomic mass is 10.2. The molecule has 1 atom stereocenters. The van der Waals surface area contributed by atoms with Gasteiger partial charge in [-0.25, -0.2) is 4.39 Å². The van der Waals surface area contributed by atoms with E-state index in [2.05, 4.69) is 0 Å². The van der Waals surface area contributed by atoms with Crippen LogP contribution in [0.2, 0.25) is 0 Å². The Morgan fingerprint density at radius 2 is 2.09 bits per heavy atom. The molecule has 23 heavy (non-hydrogen) atoms. The molecular weight excluding hydrogens is 323 g/mol. The third-order valence-electron chi connectivity index (χ3n) is 3.93. The van der Waals surface area contributed by atoms with Gasteiger partial charge < -0.3 is 9.84 Å². The second-order valence-corrected chi connectivity index (χ2v) is 7.43. The normalized spacial score (nSPS) is 19.6. The maximum absolute atomic E-state index is 13.0. The van der Waals surface area contributed by atoms with Crippen molar-refractivity contribution in [3.8, 4) is 0 Å². The number of aliphatic hydroxyl groups excluding tert-OH is 1. The SMILES string of the molecule is COCC1CCCN1S(=O)(=O)N(CCO)Cc1ccc(F)cc1. The summed E-state index contributed by atoms with van der Waals surface area (Å²) < 4.78 is 46.6. The molecule has 2 rings (SSSR count). The highest BCUT2D eigenvalue weighted by atomic mass is 32.2. The summed E-state index contributed by atoms with van der Waals surface area (Å²) in [6.45, 7) is 0.614. The van der Waals surface area contributed by atoms with Crippen LogP contribution in [0.4, 0.5) is 4.39 Å². The van der Waals surface area contributed by atoms with Crippen LogP contribution in [0.3, 0.4) is 0 Å². The minimum Gasteiger partial charge on any atom is -0.395 e. The Morgan fingerprint density at radius 1 is 1.39 bits per heavy atom. The lowest BCUT2D eigenvalue weighted by molar-refractivity contribution is 0.144. The minimum absolute atomic E-state index is 0.00406. The maximum atomic E-state index is 13.0. The number of ether oxygens (including phenoxy) is 1. The van der Waals surface area contributed by atoms with Crippen LogP contribution in [0, 0.1) is 5.82 Å². The maximum Gasteiger partial charge on any atom is 0.282 e. The van der Waals surface area contributed by atoms with E-state index in [0.717, 1.165) is 12.8 Å². The molecule has 1 saturated heterocycles. The van der Waals surface area contributed by atoms with Crippen LogP contribution in [0.15, 0.2) is 24.3 Å². The molecule has 1 aliphatic heterocycles. The van der Waals surface area contributed by atoms with Gasteiger partial charge in [-0.1, -0.05) is 12.1 Å². The Hall–Kier alpha value is -1.06.